The van der Waals surface area contributed by atoms with Crippen molar-refractivity contribution in [2.24, 2.45) is 5.92 Å². The molecule has 3 rings (SSSR count). The van der Waals surface area contributed by atoms with Crippen molar-refractivity contribution in [1.29, 1.82) is 0 Å². The number of hydrogen-bond acceptors (Lipinski definition) is 5. The first-order chi connectivity index (χ1) is 9.29. The monoisotopic (exact) mass is 277 g/mol. The highest BCUT2D eigenvalue weighted by Gasteiger charge is 2.22. The Morgan fingerprint density at radius 1 is 1.47 bits per heavy atom. The first kappa shape index (κ1) is 12.8. The molecule has 0 spiro atoms. The van der Waals surface area contributed by atoms with E-state index in [2.05, 4.69) is 22.2 Å². The quantitative estimate of drug-likeness (QED) is 0.873. The summed E-state index contributed by atoms with van der Waals surface area (Å²) in [5.74, 6) is 1.76. The summed E-state index contributed by atoms with van der Waals surface area (Å²) in [6, 6.07) is 0. The van der Waals surface area contributed by atoms with Gasteiger partial charge in [-0.15, -0.1) is 11.3 Å². The topological polar surface area (TPSA) is 47.0 Å². The van der Waals surface area contributed by atoms with Crippen LogP contribution in [0.2, 0.25) is 0 Å². The van der Waals surface area contributed by atoms with Crippen LogP contribution in [-0.4, -0.2) is 30.2 Å². The molecule has 0 aliphatic heterocycles. The lowest BCUT2D eigenvalue weighted by Gasteiger charge is -2.18. The van der Waals surface area contributed by atoms with E-state index in [0.717, 1.165) is 29.5 Å². The second kappa shape index (κ2) is 5.43. The average Bonchev–Trinajstić information content (AvgIpc) is 2.77. The molecular formula is C14H19N3OS. The zero-order valence-corrected chi connectivity index (χ0v) is 12.2. The van der Waals surface area contributed by atoms with Gasteiger partial charge in [0.1, 0.15) is 17.0 Å². The summed E-state index contributed by atoms with van der Waals surface area (Å²) >= 11 is 1.83. The number of nitrogens with one attached hydrogen (secondary N) is 1. The molecular weight excluding hydrogens is 258 g/mol. The number of fused-ring (bicyclic) bond motifs is 3. The van der Waals surface area contributed by atoms with Crippen LogP contribution >= 0.6 is 11.3 Å². The summed E-state index contributed by atoms with van der Waals surface area (Å²) in [5.41, 5.74) is 1.47. The molecule has 5 heteroatoms. The molecule has 0 aromatic carbocycles. The molecule has 0 amide bonds. The molecule has 0 radical (unpaired) electrons. The van der Waals surface area contributed by atoms with Gasteiger partial charge in [-0.1, -0.05) is 6.92 Å². The summed E-state index contributed by atoms with van der Waals surface area (Å²) in [4.78, 5) is 11.5. The van der Waals surface area contributed by atoms with Gasteiger partial charge in [-0.3, -0.25) is 0 Å². The van der Waals surface area contributed by atoms with Gasteiger partial charge in [0.25, 0.3) is 0 Å². The Balaban J connectivity index is 1.99. The van der Waals surface area contributed by atoms with Crippen molar-refractivity contribution < 1.29 is 4.74 Å². The summed E-state index contributed by atoms with van der Waals surface area (Å²) in [6.45, 7) is 3.80. The average molecular weight is 277 g/mol. The van der Waals surface area contributed by atoms with Crippen LogP contribution in [0.5, 0.6) is 0 Å². The third kappa shape index (κ3) is 2.44. The van der Waals surface area contributed by atoms with Crippen molar-refractivity contribution in [3.63, 3.8) is 0 Å². The molecule has 0 unspecified atom stereocenters. The highest BCUT2D eigenvalue weighted by Crippen LogP contribution is 2.39. The smallest absolute Gasteiger partial charge is 0.138 e. The van der Waals surface area contributed by atoms with Crippen LogP contribution in [0.15, 0.2) is 6.33 Å². The number of hydrogen-bond donors (Lipinski definition) is 1. The van der Waals surface area contributed by atoms with E-state index in [0.29, 0.717) is 6.61 Å². The Morgan fingerprint density at radius 3 is 3.21 bits per heavy atom. The molecule has 0 fully saturated rings. The van der Waals surface area contributed by atoms with E-state index in [9.17, 15) is 0 Å². The normalized spacial score (nSPS) is 18.5. The lowest BCUT2D eigenvalue weighted by Crippen LogP contribution is -2.11. The second-order valence-electron chi connectivity index (χ2n) is 5.17. The molecule has 0 saturated carbocycles. The Hall–Kier alpha value is -1.20. The van der Waals surface area contributed by atoms with E-state index in [-0.39, 0.29) is 0 Å². The molecule has 4 nitrogen and oxygen atoms in total. The van der Waals surface area contributed by atoms with Gasteiger partial charge in [-0.25, -0.2) is 9.97 Å². The van der Waals surface area contributed by atoms with Gasteiger partial charge in [0, 0.05) is 18.5 Å². The Bertz CT molecular complexity index is 581. The molecule has 19 heavy (non-hydrogen) atoms. The van der Waals surface area contributed by atoms with Crippen LogP contribution < -0.4 is 5.32 Å². The fraction of sp³-hybridized carbons (Fsp3) is 0.571. The minimum absolute atomic E-state index is 0.689. The van der Waals surface area contributed by atoms with Crippen molar-refractivity contribution in [2.75, 3.05) is 25.6 Å². The number of aromatic nitrogens is 2. The molecule has 1 aliphatic carbocycles. The van der Waals surface area contributed by atoms with Gasteiger partial charge in [-0.05, 0) is 30.7 Å². The van der Waals surface area contributed by atoms with Crippen molar-refractivity contribution in [3.05, 3.63) is 16.8 Å². The largest absolute Gasteiger partial charge is 0.383 e. The number of ether oxygens (including phenoxy) is 1. The summed E-state index contributed by atoms with van der Waals surface area (Å²) in [7, 11) is 1.71. The van der Waals surface area contributed by atoms with Crippen molar-refractivity contribution >= 4 is 27.4 Å². The predicted molar refractivity (Wildman–Crippen MR) is 79.0 cm³/mol. The molecule has 1 aliphatic rings. The maximum absolute atomic E-state index is 5.08. The molecule has 0 bridgehead atoms. The lowest BCUT2D eigenvalue weighted by atomic mass is 9.89. The molecule has 1 N–H and O–H groups in total. The van der Waals surface area contributed by atoms with Gasteiger partial charge in [-0.2, -0.15) is 0 Å². The predicted octanol–water partition coefficient (Wildman–Crippen LogP) is 2.87. The van der Waals surface area contributed by atoms with Crippen molar-refractivity contribution in [3.8, 4) is 0 Å². The van der Waals surface area contributed by atoms with Gasteiger partial charge in [0.05, 0.1) is 12.0 Å². The van der Waals surface area contributed by atoms with Crippen LogP contribution in [0.25, 0.3) is 10.2 Å². The van der Waals surface area contributed by atoms with Gasteiger partial charge in [0.15, 0.2) is 0 Å². The first-order valence-corrected chi connectivity index (χ1v) is 7.59. The molecule has 1 atom stereocenters. The first-order valence-electron chi connectivity index (χ1n) is 6.77. The Kier molecular flexibility index (Phi) is 3.66. The maximum Gasteiger partial charge on any atom is 0.138 e. The van der Waals surface area contributed by atoms with Gasteiger partial charge < -0.3 is 10.1 Å². The van der Waals surface area contributed by atoms with E-state index in [4.69, 9.17) is 4.74 Å². The minimum atomic E-state index is 0.689. The zero-order chi connectivity index (χ0) is 13.2. The Labute approximate surface area is 117 Å². The van der Waals surface area contributed by atoms with Crippen LogP contribution in [0.3, 0.4) is 0 Å². The highest BCUT2D eigenvalue weighted by atomic mass is 32.1. The van der Waals surface area contributed by atoms with Gasteiger partial charge >= 0.3 is 0 Å². The van der Waals surface area contributed by atoms with E-state index in [1.807, 2.05) is 11.3 Å². The molecule has 2 aromatic heterocycles. The fourth-order valence-electron chi connectivity index (χ4n) is 2.68. The fourth-order valence-corrected chi connectivity index (χ4v) is 4.03. The van der Waals surface area contributed by atoms with Crippen molar-refractivity contribution in [1.82, 2.24) is 9.97 Å². The van der Waals surface area contributed by atoms with Crippen molar-refractivity contribution in [2.45, 2.75) is 26.2 Å². The number of thiophene rings is 1. The molecule has 2 aromatic rings. The number of methoxy groups -OCH3 is 1. The molecule has 0 saturated heterocycles. The summed E-state index contributed by atoms with van der Waals surface area (Å²) in [6.07, 6.45) is 5.27. The lowest BCUT2D eigenvalue weighted by molar-refractivity contribution is 0.210. The van der Waals surface area contributed by atoms with E-state index >= 15 is 0 Å². The summed E-state index contributed by atoms with van der Waals surface area (Å²) < 4.78 is 5.08. The van der Waals surface area contributed by atoms with E-state index in [1.165, 1.54) is 28.7 Å². The third-order valence-electron chi connectivity index (χ3n) is 3.69. The minimum Gasteiger partial charge on any atom is -0.383 e. The van der Waals surface area contributed by atoms with Crippen LogP contribution in [0, 0.1) is 5.92 Å². The zero-order valence-electron chi connectivity index (χ0n) is 11.4. The highest BCUT2D eigenvalue weighted by molar-refractivity contribution is 7.19. The van der Waals surface area contributed by atoms with Crippen LogP contribution in [0.1, 0.15) is 23.8 Å². The van der Waals surface area contributed by atoms with Crippen LogP contribution in [0.4, 0.5) is 5.82 Å². The van der Waals surface area contributed by atoms with E-state index in [1.54, 1.807) is 13.4 Å². The third-order valence-corrected chi connectivity index (χ3v) is 4.85. The van der Waals surface area contributed by atoms with Gasteiger partial charge in [0.2, 0.25) is 0 Å². The summed E-state index contributed by atoms with van der Waals surface area (Å²) in [5, 5.41) is 4.61. The standard InChI is InChI=1S/C14H19N3OS/c1-9-3-4-10-11(7-9)19-14-12(10)13(16-8-17-14)15-5-6-18-2/h8-9H,3-7H2,1-2H3,(H,15,16,17)/t9-/m0/s1. The van der Waals surface area contributed by atoms with E-state index < -0.39 is 0 Å². The number of nitrogens with zero attached hydrogens (tertiary/aromatic N) is 2. The number of rotatable bonds is 4. The number of aryl methyl sites for hydroxylation is 1. The second-order valence-corrected chi connectivity index (χ2v) is 6.26. The molecule has 102 valence electrons. The van der Waals surface area contributed by atoms with Crippen LogP contribution in [-0.2, 0) is 17.6 Å². The Morgan fingerprint density at radius 2 is 2.37 bits per heavy atom. The SMILES string of the molecule is COCCNc1ncnc2sc3c(c12)CC[C@H](C)C3. The number of anilines is 1. The maximum atomic E-state index is 5.08. The molecule has 2 heterocycles.